The van der Waals surface area contributed by atoms with Crippen LogP contribution in [0.5, 0.6) is 0 Å². The van der Waals surface area contributed by atoms with Crippen LogP contribution in [-0.4, -0.2) is 29.6 Å². The summed E-state index contributed by atoms with van der Waals surface area (Å²) < 4.78 is 0. The Morgan fingerprint density at radius 3 is 2.50 bits per heavy atom. The molecule has 0 aromatic heterocycles. The van der Waals surface area contributed by atoms with Crippen LogP contribution in [0.3, 0.4) is 0 Å². The van der Waals surface area contributed by atoms with Crippen LogP contribution in [0.25, 0.3) is 10.8 Å². The smallest absolute Gasteiger partial charge is 0 e. The second kappa shape index (κ2) is 5.35. The summed E-state index contributed by atoms with van der Waals surface area (Å²) in [6.07, 6.45) is 2.89. The van der Waals surface area contributed by atoms with Crippen LogP contribution in [-0.2, 0) is 6.42 Å². The van der Waals surface area contributed by atoms with Gasteiger partial charge in [0.1, 0.15) is 0 Å². The third kappa shape index (κ3) is 2.27. The molecule has 0 saturated heterocycles. The zero-order chi connectivity index (χ0) is 9.10. The van der Waals surface area contributed by atoms with Gasteiger partial charge in [-0.1, -0.05) is 48.5 Å². The van der Waals surface area contributed by atoms with E-state index in [1.807, 2.05) is 6.08 Å². The van der Waals surface area contributed by atoms with Gasteiger partial charge in [0.05, 0.1) is 0 Å². The van der Waals surface area contributed by atoms with Gasteiger partial charge in [-0.3, -0.25) is 0 Å². The number of hydrogen-bond acceptors (Lipinski definition) is 0. The van der Waals surface area contributed by atoms with Crippen LogP contribution in [0, 0.1) is 0 Å². The van der Waals surface area contributed by atoms with Crippen molar-refractivity contribution in [2.24, 2.45) is 0 Å². The van der Waals surface area contributed by atoms with E-state index in [2.05, 4.69) is 49.0 Å². The Bertz CT molecular complexity index is 427. The average Bonchev–Trinajstić information content (AvgIpc) is 2.19. The Morgan fingerprint density at radius 1 is 1.00 bits per heavy atom. The van der Waals surface area contributed by atoms with E-state index in [4.69, 9.17) is 0 Å². The molecule has 14 heavy (non-hydrogen) atoms. The monoisotopic (exact) mass is 191 g/mol. The molecule has 0 fully saturated rings. The third-order valence-electron chi connectivity index (χ3n) is 2.24. The van der Waals surface area contributed by atoms with Crippen molar-refractivity contribution in [3.63, 3.8) is 0 Å². The first-order chi connectivity index (χ1) is 6.42. The molecule has 65 valence electrons. The van der Waals surface area contributed by atoms with E-state index >= 15 is 0 Å². The molecule has 1 radical (unpaired) electrons. The van der Waals surface area contributed by atoms with Crippen molar-refractivity contribution in [2.45, 2.75) is 6.42 Å². The first kappa shape index (κ1) is 11.5. The quantitative estimate of drug-likeness (QED) is 0.505. The fourth-order valence-corrected chi connectivity index (χ4v) is 1.63. The zero-order valence-electron chi connectivity index (χ0n) is 8.53. The Morgan fingerprint density at radius 2 is 1.71 bits per heavy atom. The molecule has 2 aromatic carbocycles. The van der Waals surface area contributed by atoms with Crippen LogP contribution in [0.1, 0.15) is 5.56 Å². The Labute approximate surface area is 107 Å². The average molecular weight is 191 g/mol. The maximum atomic E-state index is 3.76. The van der Waals surface area contributed by atoms with E-state index in [0.717, 1.165) is 6.42 Å². The fraction of sp³-hybridized carbons (Fsp3) is 0.0769. The Kier molecular flexibility index (Phi) is 4.40. The van der Waals surface area contributed by atoms with Crippen molar-refractivity contribution in [3.8, 4) is 0 Å². The van der Waals surface area contributed by atoms with Gasteiger partial charge < -0.3 is 0 Å². The first-order valence-corrected chi connectivity index (χ1v) is 4.49. The van der Waals surface area contributed by atoms with E-state index in [9.17, 15) is 0 Å². The third-order valence-corrected chi connectivity index (χ3v) is 2.24. The van der Waals surface area contributed by atoms with Gasteiger partial charge >= 0.3 is 0 Å². The van der Waals surface area contributed by atoms with Crippen molar-refractivity contribution in [3.05, 3.63) is 60.7 Å². The van der Waals surface area contributed by atoms with Crippen LogP contribution in [0.15, 0.2) is 55.1 Å². The number of allylic oxidation sites excluding steroid dienone is 1. The molecule has 2 rings (SSSR count). The fourth-order valence-electron chi connectivity index (χ4n) is 1.63. The predicted molar refractivity (Wildman–Crippen MR) is 63.6 cm³/mol. The minimum absolute atomic E-state index is 0. The molecule has 0 heterocycles. The molecule has 0 saturated carbocycles. The molecule has 0 unspecified atom stereocenters. The van der Waals surface area contributed by atoms with Crippen molar-refractivity contribution < 1.29 is 0 Å². The summed E-state index contributed by atoms with van der Waals surface area (Å²) in [7, 11) is 0. The maximum Gasteiger partial charge on any atom is 0 e. The molecular formula is C13H12Na. The number of hydrogen-bond donors (Lipinski definition) is 0. The van der Waals surface area contributed by atoms with Crippen LogP contribution >= 0.6 is 0 Å². The van der Waals surface area contributed by atoms with Gasteiger partial charge in [0, 0.05) is 29.6 Å². The molecular weight excluding hydrogens is 179 g/mol. The van der Waals surface area contributed by atoms with Gasteiger partial charge in [-0.25, -0.2) is 0 Å². The number of rotatable bonds is 2. The summed E-state index contributed by atoms with van der Waals surface area (Å²) in [4.78, 5) is 0. The van der Waals surface area contributed by atoms with Crippen molar-refractivity contribution in [1.82, 2.24) is 0 Å². The molecule has 0 atom stereocenters. The molecule has 0 nitrogen and oxygen atoms in total. The summed E-state index contributed by atoms with van der Waals surface area (Å²) >= 11 is 0. The van der Waals surface area contributed by atoms with Crippen molar-refractivity contribution >= 4 is 40.3 Å². The molecule has 0 N–H and O–H groups in total. The molecule has 0 spiro atoms. The van der Waals surface area contributed by atoms with Gasteiger partial charge in [-0.15, -0.1) is 6.58 Å². The molecule has 1 heteroatoms. The standard InChI is InChI=1S/C13H12.Na/c1-2-6-11-8-5-9-12-7-3-4-10-13(11)12;/h2-5,7-10H,1,6H2;. The summed E-state index contributed by atoms with van der Waals surface area (Å²) in [5.41, 5.74) is 1.35. The molecule has 0 aliphatic carbocycles. The van der Waals surface area contributed by atoms with Crippen LogP contribution in [0.4, 0.5) is 0 Å². The second-order valence-electron chi connectivity index (χ2n) is 3.13. The molecule has 2 aromatic rings. The molecule has 0 amide bonds. The zero-order valence-corrected chi connectivity index (χ0v) is 10.5. The Balaban J connectivity index is 0.000000980. The minimum Gasteiger partial charge on any atom is -0.103 e. The minimum atomic E-state index is 0. The molecule has 0 bridgehead atoms. The van der Waals surface area contributed by atoms with Gasteiger partial charge in [0.15, 0.2) is 0 Å². The van der Waals surface area contributed by atoms with E-state index in [1.165, 1.54) is 16.3 Å². The second-order valence-corrected chi connectivity index (χ2v) is 3.13. The van der Waals surface area contributed by atoms with E-state index in [-0.39, 0.29) is 29.6 Å². The summed E-state index contributed by atoms with van der Waals surface area (Å²) in [5.74, 6) is 0. The predicted octanol–water partition coefficient (Wildman–Crippen LogP) is 3.19. The van der Waals surface area contributed by atoms with E-state index in [0.29, 0.717) is 0 Å². The SMILES string of the molecule is C=CCc1cccc2ccccc12.[Na]. The molecule has 0 aliphatic heterocycles. The number of benzene rings is 2. The van der Waals surface area contributed by atoms with Crippen LogP contribution < -0.4 is 0 Å². The largest absolute Gasteiger partial charge is 0.103 e. The van der Waals surface area contributed by atoms with E-state index in [1.54, 1.807) is 0 Å². The van der Waals surface area contributed by atoms with Crippen molar-refractivity contribution in [1.29, 1.82) is 0 Å². The van der Waals surface area contributed by atoms with Gasteiger partial charge in [-0.05, 0) is 22.8 Å². The summed E-state index contributed by atoms with van der Waals surface area (Å²) in [5, 5.41) is 2.65. The van der Waals surface area contributed by atoms with Gasteiger partial charge in [-0.2, -0.15) is 0 Å². The summed E-state index contributed by atoms with van der Waals surface area (Å²) in [6.45, 7) is 3.76. The number of fused-ring (bicyclic) bond motifs is 1. The first-order valence-electron chi connectivity index (χ1n) is 4.49. The topological polar surface area (TPSA) is 0 Å². The molecule has 0 aliphatic rings. The van der Waals surface area contributed by atoms with E-state index < -0.39 is 0 Å². The van der Waals surface area contributed by atoms with Crippen molar-refractivity contribution in [2.75, 3.05) is 0 Å². The van der Waals surface area contributed by atoms with Gasteiger partial charge in [0.25, 0.3) is 0 Å². The summed E-state index contributed by atoms with van der Waals surface area (Å²) in [6, 6.07) is 14.8. The maximum absolute atomic E-state index is 3.76. The normalized spacial score (nSPS) is 9.43. The van der Waals surface area contributed by atoms with Crippen LogP contribution in [0.2, 0.25) is 0 Å². The van der Waals surface area contributed by atoms with Gasteiger partial charge in [0.2, 0.25) is 0 Å². The Hall–Kier alpha value is -0.560.